The quantitative estimate of drug-likeness (QED) is 0.123. The Morgan fingerprint density at radius 1 is 1.00 bits per heavy atom. The number of aromatic amines is 1. The van der Waals surface area contributed by atoms with Gasteiger partial charge in [-0.1, -0.05) is 12.2 Å². The van der Waals surface area contributed by atoms with Gasteiger partial charge in [-0.3, -0.25) is 32.5 Å². The molecule has 3 aliphatic rings. The molecule has 246 valence electrons. The smallest absolute Gasteiger partial charge is 0.382 e. The van der Waals surface area contributed by atoms with Gasteiger partial charge in [-0.25, -0.2) is 28.9 Å². The van der Waals surface area contributed by atoms with Crippen molar-refractivity contribution in [2.24, 2.45) is 0 Å². The molecule has 0 radical (unpaired) electrons. The van der Waals surface area contributed by atoms with Crippen molar-refractivity contribution in [3.8, 4) is 0 Å². The Labute approximate surface area is 263 Å². The summed E-state index contributed by atoms with van der Waals surface area (Å²) in [5.74, 6) is -0.122. The summed E-state index contributed by atoms with van der Waals surface area (Å²) in [4.78, 5) is 35.1. The number of rotatable bonds is 3. The van der Waals surface area contributed by atoms with Crippen molar-refractivity contribution >= 4 is 68.2 Å². The molecule has 0 spiro atoms. The number of H-pyrrole nitrogens is 1. The first-order chi connectivity index (χ1) is 21.9. The van der Waals surface area contributed by atoms with Crippen LogP contribution in [0, 0.1) is 0 Å². The van der Waals surface area contributed by atoms with E-state index in [9.17, 15) is 13.9 Å². The van der Waals surface area contributed by atoms with Gasteiger partial charge in [-0.15, -0.1) is 0 Å². The highest BCUT2D eigenvalue weighted by Crippen LogP contribution is 2.58. The summed E-state index contributed by atoms with van der Waals surface area (Å²) in [6.07, 6.45) is -7.00. The lowest BCUT2D eigenvalue weighted by Crippen LogP contribution is -2.37. The highest BCUT2D eigenvalue weighted by Gasteiger charge is 2.54. The lowest BCUT2D eigenvalue weighted by molar-refractivity contribution is -0.0577. The molecular weight excluding hydrogens is 676 g/mol. The van der Waals surface area contributed by atoms with Gasteiger partial charge < -0.3 is 34.7 Å². The van der Waals surface area contributed by atoms with Gasteiger partial charge in [0.2, 0.25) is 5.95 Å². The molecule has 10 atom stereocenters. The van der Waals surface area contributed by atoms with Crippen LogP contribution in [0.3, 0.4) is 0 Å². The number of nitrogen functional groups attached to an aromatic ring is 2. The maximum absolute atomic E-state index is 16.1. The number of imidazole rings is 2. The number of methoxy groups -OCH3 is 1. The van der Waals surface area contributed by atoms with Crippen molar-refractivity contribution in [1.82, 2.24) is 39.0 Å². The molecule has 0 saturated carbocycles. The van der Waals surface area contributed by atoms with Crippen LogP contribution in [0.1, 0.15) is 12.5 Å². The van der Waals surface area contributed by atoms with Crippen LogP contribution in [0.5, 0.6) is 0 Å². The van der Waals surface area contributed by atoms with Crippen LogP contribution < -0.4 is 17.0 Å². The number of hydrogen-bond acceptors (Lipinski definition) is 17. The van der Waals surface area contributed by atoms with E-state index in [0.717, 1.165) is 0 Å². The summed E-state index contributed by atoms with van der Waals surface area (Å²) in [7, 11) is -1.51. The zero-order chi connectivity index (χ0) is 32.5. The minimum Gasteiger partial charge on any atom is -0.382 e. The van der Waals surface area contributed by atoms with Crippen LogP contribution in [0.2, 0.25) is 0 Å². The monoisotopic (exact) mass is 702 g/mol. The molecule has 3 fully saturated rings. The zero-order valence-electron chi connectivity index (χ0n) is 23.9. The molecule has 2 bridgehead atoms. The molecule has 46 heavy (non-hydrogen) atoms. The number of hydrogen-bond donors (Lipinski definition) is 4. The van der Waals surface area contributed by atoms with Crippen molar-refractivity contribution in [2.45, 2.75) is 49.1 Å². The highest BCUT2D eigenvalue weighted by atomic mass is 32.7. The predicted molar refractivity (Wildman–Crippen MR) is 160 cm³/mol. The second kappa shape index (κ2) is 11.6. The summed E-state index contributed by atoms with van der Waals surface area (Å²) in [6, 6.07) is 0. The van der Waals surface area contributed by atoms with Gasteiger partial charge in [0.1, 0.15) is 42.4 Å². The number of alkyl halides is 1. The summed E-state index contributed by atoms with van der Waals surface area (Å²) >= 11 is 4.08. The molecule has 25 heteroatoms. The van der Waals surface area contributed by atoms with E-state index in [1.165, 1.54) is 42.8 Å². The number of halogens is 1. The molecule has 7 rings (SSSR count). The first kappa shape index (κ1) is 31.6. The summed E-state index contributed by atoms with van der Waals surface area (Å²) in [5, 5.41) is 0. The fourth-order valence-corrected chi connectivity index (χ4v) is 8.27. The second-order valence-corrected chi connectivity index (χ2v) is 15.5. The predicted octanol–water partition coefficient (Wildman–Crippen LogP) is -0.132. The molecule has 0 amide bonds. The number of nitrogens with zero attached hydrogens (tertiary/aromatic N) is 7. The third kappa shape index (κ3) is 5.53. The number of nitrogens with one attached hydrogen (secondary N) is 1. The molecule has 0 aromatic carbocycles. The maximum Gasteiger partial charge on any atom is 0.386 e. The molecule has 3 saturated heterocycles. The zero-order valence-corrected chi connectivity index (χ0v) is 26.5. The first-order valence-electron chi connectivity index (χ1n) is 13.5. The molecule has 20 nitrogen and oxygen atoms in total. The fourth-order valence-electron chi connectivity index (χ4n) is 5.64. The van der Waals surface area contributed by atoms with Crippen LogP contribution in [0.15, 0.2) is 23.8 Å². The molecule has 0 aliphatic carbocycles. The van der Waals surface area contributed by atoms with Crippen molar-refractivity contribution < 1.29 is 45.8 Å². The minimum absolute atomic E-state index is 0.0359. The van der Waals surface area contributed by atoms with Gasteiger partial charge >= 0.3 is 6.80 Å². The van der Waals surface area contributed by atoms with Gasteiger partial charge in [0.15, 0.2) is 41.3 Å². The molecule has 4 aromatic rings. The van der Waals surface area contributed by atoms with E-state index in [-0.39, 0.29) is 34.1 Å². The number of fused-ring (bicyclic) bond motifs is 5. The van der Waals surface area contributed by atoms with Crippen LogP contribution in [-0.2, 0) is 41.4 Å². The van der Waals surface area contributed by atoms with E-state index in [1.807, 2.05) is 0 Å². The largest absolute Gasteiger partial charge is 0.386 e. The number of ether oxygens (including phenoxy) is 3. The topological polar surface area (TPSA) is 258 Å². The van der Waals surface area contributed by atoms with Crippen LogP contribution in [-0.4, -0.2) is 104 Å². The SMILES string of the molecule is B[P@]1(=O)OCC2OC(n3cnc4c(N)ncnc43)C(F)C2O[P@@](=O)(S)OCC2OC(n3cnc4c(=O)[nH]c(N)nc43)C(O1)C2OC. The van der Waals surface area contributed by atoms with E-state index in [4.69, 9.17) is 43.8 Å². The van der Waals surface area contributed by atoms with Crippen molar-refractivity contribution in [3.05, 3.63) is 29.3 Å². The fraction of sp³-hybridized carbons (Fsp3) is 0.524. The van der Waals surface area contributed by atoms with Crippen LogP contribution in [0.25, 0.3) is 22.3 Å². The highest BCUT2D eigenvalue weighted by molar-refractivity contribution is 8.44. The lowest BCUT2D eigenvalue weighted by Gasteiger charge is -2.28. The molecule has 3 aliphatic heterocycles. The molecule has 7 heterocycles. The van der Waals surface area contributed by atoms with Crippen LogP contribution >= 0.6 is 26.5 Å². The van der Waals surface area contributed by atoms with Gasteiger partial charge in [0.25, 0.3) is 20.6 Å². The number of thiol groups is 1. The van der Waals surface area contributed by atoms with E-state index in [1.54, 1.807) is 0 Å². The Kier molecular flexibility index (Phi) is 7.99. The Morgan fingerprint density at radius 3 is 2.46 bits per heavy atom. The Morgan fingerprint density at radius 2 is 1.70 bits per heavy atom. The van der Waals surface area contributed by atoms with Gasteiger partial charge in [-0.05, 0) is 0 Å². The number of aromatic nitrogens is 8. The molecular formula is C21H26BFN10O10P2S. The summed E-state index contributed by atoms with van der Waals surface area (Å²) < 4.78 is 86.6. The maximum atomic E-state index is 16.1. The number of anilines is 2. The van der Waals surface area contributed by atoms with Crippen molar-refractivity contribution in [3.63, 3.8) is 0 Å². The second-order valence-electron chi connectivity index (χ2n) is 10.6. The summed E-state index contributed by atoms with van der Waals surface area (Å²) in [6.45, 7) is -5.35. The molecule has 5 N–H and O–H groups in total. The Bertz CT molecular complexity index is 1970. The summed E-state index contributed by atoms with van der Waals surface area (Å²) in [5.41, 5.74) is 11.4. The normalized spacial score (nSPS) is 37.1. The van der Waals surface area contributed by atoms with Gasteiger partial charge in [0, 0.05) is 7.11 Å². The standard InChI is InChI=1S/C21H26BFN10O10P2S/c1-37-13-8-3-39-45(36,46)43-12-7(40-19(9(12)23)32-5-28-10-15(24)26-4-27-16(10)32)2-38-44(22,35)42-14(13)20(41-8)33-6-29-11-17(33)30-21(25)31-18(11)34/h4-9,12-14,19-20H,2-3,22H2,1H3,(H,36,46)(H2,24,26,27)(H3,25,30,31,34)/t7?,8?,9?,12?,13?,14?,19?,20?,44-,45-/m0/s1. The minimum atomic E-state index is -4.34. The third-order valence-electron chi connectivity index (χ3n) is 7.65. The third-order valence-corrected chi connectivity index (χ3v) is 10.5. The van der Waals surface area contributed by atoms with Gasteiger partial charge in [-0.2, -0.15) is 4.98 Å². The Balaban J connectivity index is 1.22. The van der Waals surface area contributed by atoms with E-state index < -0.39 is 82.2 Å². The number of nitrogens with two attached hydrogens (primary N) is 2. The average Bonchev–Trinajstić information content (AvgIpc) is 3.75. The van der Waals surface area contributed by atoms with E-state index in [0.29, 0.717) is 0 Å². The first-order valence-corrected chi connectivity index (χ1v) is 18.2. The van der Waals surface area contributed by atoms with Gasteiger partial charge in [0.05, 0.1) is 25.9 Å². The Hall–Kier alpha value is -2.98. The molecule has 4 aromatic heterocycles. The van der Waals surface area contributed by atoms with Crippen molar-refractivity contribution in [2.75, 3.05) is 31.8 Å². The van der Waals surface area contributed by atoms with Crippen molar-refractivity contribution in [1.29, 1.82) is 0 Å². The van der Waals surface area contributed by atoms with E-state index in [2.05, 4.69) is 42.2 Å². The van der Waals surface area contributed by atoms with E-state index >= 15 is 4.39 Å². The average molecular weight is 702 g/mol. The van der Waals surface area contributed by atoms with Crippen LogP contribution in [0.4, 0.5) is 16.2 Å². The molecule has 8 unspecified atom stereocenters. The lowest BCUT2D eigenvalue weighted by atomic mass is 10.1.